The summed E-state index contributed by atoms with van der Waals surface area (Å²) < 4.78 is 1.98. The van der Waals surface area contributed by atoms with Gasteiger partial charge in [-0.3, -0.25) is 0 Å². The normalized spacial score (nSPS) is 24.2. The van der Waals surface area contributed by atoms with Gasteiger partial charge in [0.15, 0.2) is 0 Å². The van der Waals surface area contributed by atoms with Crippen LogP contribution in [-0.2, 0) is 6.54 Å². The van der Waals surface area contributed by atoms with E-state index in [1.54, 1.807) is 0 Å². The van der Waals surface area contributed by atoms with Gasteiger partial charge in [-0.15, -0.1) is 0 Å². The monoisotopic (exact) mass is 268 g/mol. The van der Waals surface area contributed by atoms with E-state index in [1.165, 1.54) is 25.7 Å². The number of hydrogen-bond donors (Lipinski definition) is 2. The number of anilines is 2. The van der Waals surface area contributed by atoms with Gasteiger partial charge in [0.05, 0.1) is 11.4 Å². The topological polar surface area (TPSA) is 55.9 Å². The minimum atomic E-state index is 0.525. The maximum absolute atomic E-state index is 6.13. The second-order valence-corrected chi connectivity index (χ2v) is 6.05. The minimum absolute atomic E-state index is 0.525. The Labute approximate surface area is 114 Å². The van der Waals surface area contributed by atoms with Crippen molar-refractivity contribution in [1.29, 1.82) is 0 Å². The van der Waals surface area contributed by atoms with Gasteiger partial charge in [-0.05, 0) is 32.9 Å². The average Bonchev–Trinajstić information content (AvgIpc) is 2.67. The van der Waals surface area contributed by atoms with Crippen LogP contribution in [0, 0.1) is 6.92 Å². The van der Waals surface area contributed by atoms with Crippen LogP contribution in [0.5, 0.6) is 0 Å². The lowest BCUT2D eigenvalue weighted by atomic mass is 9.95. The Morgan fingerprint density at radius 3 is 2.83 bits per heavy atom. The van der Waals surface area contributed by atoms with Crippen molar-refractivity contribution >= 4 is 23.3 Å². The van der Waals surface area contributed by atoms with E-state index in [1.807, 2.05) is 23.4 Å². The van der Waals surface area contributed by atoms with E-state index in [2.05, 4.69) is 23.6 Å². The maximum Gasteiger partial charge on any atom is 0.148 e. The summed E-state index contributed by atoms with van der Waals surface area (Å²) in [5, 5.41) is 8.81. The van der Waals surface area contributed by atoms with Gasteiger partial charge in [0.25, 0.3) is 0 Å². The highest BCUT2D eigenvalue weighted by molar-refractivity contribution is 7.99. The molecule has 2 rings (SSSR count). The standard InChI is InChI=1S/C13H24N4S/c1-4-17-13(12(14)9(2)16-17)15-10-7-5-6-8-11(10)18-3/h10-11,15H,4-8,14H2,1-3H3. The SMILES string of the molecule is CCn1nc(C)c(N)c1NC1CCCCC1SC. The molecular formula is C13H24N4S. The lowest BCUT2D eigenvalue weighted by Gasteiger charge is -2.31. The molecule has 18 heavy (non-hydrogen) atoms. The van der Waals surface area contributed by atoms with Gasteiger partial charge in [0, 0.05) is 17.8 Å². The lowest BCUT2D eigenvalue weighted by Crippen LogP contribution is -2.35. The van der Waals surface area contributed by atoms with E-state index in [0.717, 1.165) is 23.7 Å². The molecule has 0 bridgehead atoms. The quantitative estimate of drug-likeness (QED) is 0.881. The van der Waals surface area contributed by atoms with Crippen LogP contribution in [0.2, 0.25) is 0 Å². The van der Waals surface area contributed by atoms with Crippen molar-refractivity contribution in [2.75, 3.05) is 17.3 Å². The number of rotatable bonds is 4. The van der Waals surface area contributed by atoms with Gasteiger partial charge in [-0.25, -0.2) is 4.68 Å². The second kappa shape index (κ2) is 5.87. The summed E-state index contributed by atoms with van der Waals surface area (Å²) in [7, 11) is 0. The molecule has 1 aromatic heterocycles. The zero-order valence-electron chi connectivity index (χ0n) is 11.6. The molecule has 0 radical (unpaired) electrons. The smallest absolute Gasteiger partial charge is 0.148 e. The van der Waals surface area contributed by atoms with Crippen molar-refractivity contribution < 1.29 is 0 Å². The molecule has 0 saturated heterocycles. The van der Waals surface area contributed by atoms with Crippen LogP contribution in [0.25, 0.3) is 0 Å². The number of nitrogens with zero attached hydrogens (tertiary/aromatic N) is 2. The number of aryl methyl sites for hydroxylation is 2. The fourth-order valence-corrected chi connectivity index (χ4v) is 3.63. The van der Waals surface area contributed by atoms with Crippen LogP contribution in [-0.4, -0.2) is 27.3 Å². The molecule has 4 nitrogen and oxygen atoms in total. The predicted octanol–water partition coefficient (Wildman–Crippen LogP) is 2.88. The molecule has 0 aromatic carbocycles. The molecule has 1 aliphatic rings. The minimum Gasteiger partial charge on any atom is -0.394 e. The third-order valence-corrected chi connectivity index (χ3v) is 4.97. The Morgan fingerprint density at radius 1 is 1.44 bits per heavy atom. The van der Waals surface area contributed by atoms with Crippen LogP contribution in [0.15, 0.2) is 0 Å². The summed E-state index contributed by atoms with van der Waals surface area (Å²) >= 11 is 1.97. The van der Waals surface area contributed by atoms with Crippen molar-refractivity contribution in [3.8, 4) is 0 Å². The van der Waals surface area contributed by atoms with Crippen molar-refractivity contribution in [2.45, 2.75) is 57.4 Å². The molecule has 0 spiro atoms. The molecule has 0 amide bonds. The Bertz CT molecular complexity index is 402. The molecule has 3 N–H and O–H groups in total. The van der Waals surface area contributed by atoms with E-state index >= 15 is 0 Å². The molecule has 0 aliphatic heterocycles. The van der Waals surface area contributed by atoms with Gasteiger partial charge in [-0.1, -0.05) is 12.8 Å². The van der Waals surface area contributed by atoms with E-state index in [0.29, 0.717) is 11.3 Å². The Kier molecular flexibility index (Phi) is 4.43. The van der Waals surface area contributed by atoms with E-state index in [4.69, 9.17) is 5.73 Å². The maximum atomic E-state index is 6.13. The zero-order valence-corrected chi connectivity index (χ0v) is 12.4. The highest BCUT2D eigenvalue weighted by atomic mass is 32.2. The van der Waals surface area contributed by atoms with Crippen molar-refractivity contribution in [2.24, 2.45) is 0 Å². The molecule has 1 aromatic rings. The van der Waals surface area contributed by atoms with Crippen molar-refractivity contribution in [1.82, 2.24) is 9.78 Å². The van der Waals surface area contributed by atoms with Crippen LogP contribution in [0.1, 0.15) is 38.3 Å². The van der Waals surface area contributed by atoms with Gasteiger partial charge >= 0.3 is 0 Å². The molecule has 1 saturated carbocycles. The summed E-state index contributed by atoms with van der Waals surface area (Å²) in [6.07, 6.45) is 7.41. The third kappa shape index (κ3) is 2.60. The molecule has 2 unspecified atom stereocenters. The first-order chi connectivity index (χ1) is 8.67. The van der Waals surface area contributed by atoms with Crippen LogP contribution >= 0.6 is 11.8 Å². The molecule has 5 heteroatoms. The number of nitrogen functional groups attached to an aromatic ring is 1. The fourth-order valence-electron chi connectivity index (χ4n) is 2.70. The predicted molar refractivity (Wildman–Crippen MR) is 80.2 cm³/mol. The number of nitrogens with one attached hydrogen (secondary N) is 1. The highest BCUT2D eigenvalue weighted by Gasteiger charge is 2.26. The number of thioether (sulfide) groups is 1. The van der Waals surface area contributed by atoms with Gasteiger partial charge in [0.1, 0.15) is 5.82 Å². The first kappa shape index (κ1) is 13.6. The van der Waals surface area contributed by atoms with E-state index in [9.17, 15) is 0 Å². The van der Waals surface area contributed by atoms with Crippen molar-refractivity contribution in [3.63, 3.8) is 0 Å². The van der Waals surface area contributed by atoms with E-state index in [-0.39, 0.29) is 0 Å². The number of aromatic nitrogens is 2. The van der Waals surface area contributed by atoms with Gasteiger partial charge in [0.2, 0.25) is 0 Å². The second-order valence-electron chi connectivity index (χ2n) is 4.97. The van der Waals surface area contributed by atoms with Gasteiger partial charge < -0.3 is 11.1 Å². The Morgan fingerprint density at radius 2 is 2.17 bits per heavy atom. The van der Waals surface area contributed by atoms with Crippen LogP contribution in [0.3, 0.4) is 0 Å². The molecule has 1 heterocycles. The summed E-state index contributed by atoms with van der Waals surface area (Å²) in [6.45, 7) is 4.93. The molecular weight excluding hydrogens is 244 g/mol. The Balaban J connectivity index is 2.17. The van der Waals surface area contributed by atoms with Crippen molar-refractivity contribution in [3.05, 3.63) is 5.69 Å². The summed E-state index contributed by atoms with van der Waals surface area (Å²) in [6, 6.07) is 0.525. The number of nitrogens with two attached hydrogens (primary N) is 1. The average molecular weight is 268 g/mol. The van der Waals surface area contributed by atoms with Crippen LogP contribution < -0.4 is 11.1 Å². The highest BCUT2D eigenvalue weighted by Crippen LogP contribution is 2.31. The fraction of sp³-hybridized carbons (Fsp3) is 0.769. The first-order valence-electron chi connectivity index (χ1n) is 6.79. The first-order valence-corrected chi connectivity index (χ1v) is 8.08. The summed E-state index contributed by atoms with van der Waals surface area (Å²) in [5.74, 6) is 1.01. The number of hydrogen-bond acceptors (Lipinski definition) is 4. The van der Waals surface area contributed by atoms with Crippen LogP contribution in [0.4, 0.5) is 11.5 Å². The molecule has 1 aliphatic carbocycles. The summed E-state index contributed by atoms with van der Waals surface area (Å²) in [5.41, 5.74) is 7.86. The van der Waals surface area contributed by atoms with Gasteiger partial charge in [-0.2, -0.15) is 16.9 Å². The molecule has 2 atom stereocenters. The molecule has 102 valence electrons. The van der Waals surface area contributed by atoms with E-state index < -0.39 is 0 Å². The zero-order chi connectivity index (χ0) is 13.1. The third-order valence-electron chi connectivity index (χ3n) is 3.80. The largest absolute Gasteiger partial charge is 0.394 e. The molecule has 1 fully saturated rings. The summed E-state index contributed by atoms with van der Waals surface area (Å²) in [4.78, 5) is 0. The lowest BCUT2D eigenvalue weighted by molar-refractivity contribution is 0.471. The Hall–Kier alpha value is -0.840.